The zero-order valence-corrected chi connectivity index (χ0v) is 21.0. The van der Waals surface area contributed by atoms with Crippen LogP contribution in [0.15, 0.2) is 46.9 Å². The Bertz CT molecular complexity index is 1340. The lowest BCUT2D eigenvalue weighted by Gasteiger charge is -2.33. The van der Waals surface area contributed by atoms with Crippen LogP contribution in [0.3, 0.4) is 0 Å². The van der Waals surface area contributed by atoms with Gasteiger partial charge in [-0.05, 0) is 56.2 Å². The second-order valence-electron chi connectivity index (χ2n) is 9.14. The van der Waals surface area contributed by atoms with Gasteiger partial charge in [0, 0.05) is 22.9 Å². The quantitative estimate of drug-likeness (QED) is 0.304. The number of carbonyl (C=O) groups is 1. The van der Waals surface area contributed by atoms with Crippen molar-refractivity contribution < 1.29 is 50.1 Å². The Balaban J connectivity index is 1.56. The molecule has 1 N–H and O–H groups in total. The molecule has 13 heteroatoms. The summed E-state index contributed by atoms with van der Waals surface area (Å²) in [7, 11) is 1.25. The number of nitrogens with zero attached hydrogens (tertiary/aromatic N) is 2. The molecular weight excluding hydrogens is 534 g/mol. The Hall–Kier alpha value is -3.74. The maximum absolute atomic E-state index is 13.3. The van der Waals surface area contributed by atoms with Gasteiger partial charge in [0.1, 0.15) is 17.2 Å². The van der Waals surface area contributed by atoms with Gasteiger partial charge in [0.25, 0.3) is 5.60 Å². The van der Waals surface area contributed by atoms with Gasteiger partial charge in [-0.25, -0.2) is 9.78 Å². The minimum Gasteiger partial charge on any atom is -0.482 e. The average molecular weight is 558 g/mol. The number of rotatable bonds is 7. The largest absolute Gasteiger partial charge is 0.482 e. The van der Waals surface area contributed by atoms with Gasteiger partial charge in [-0.15, -0.1) is 0 Å². The summed E-state index contributed by atoms with van der Waals surface area (Å²) < 4.78 is 95.7. The second kappa shape index (κ2) is 10.1. The molecule has 1 unspecified atom stereocenters. The van der Waals surface area contributed by atoms with Crippen molar-refractivity contribution in [1.29, 1.82) is 0 Å². The molecule has 2 aromatic carbocycles. The summed E-state index contributed by atoms with van der Waals surface area (Å²) >= 11 is 0. The summed E-state index contributed by atoms with van der Waals surface area (Å²) in [6.45, 7) is 3.41. The standard InChI is InChI=1S/C26H24F6N2O5/c1-14-10-17-11-18(24(36,25(27,28)29)26(30,31)32)6-9-21(17)34(14)12-20-15(2)39-23(33-20)16-4-7-19(8-5-16)38-13-22(35)37-3/h4-9,11,14,36H,10,12-13H2,1-3H3. The van der Waals surface area contributed by atoms with Crippen LogP contribution >= 0.6 is 0 Å². The van der Waals surface area contributed by atoms with Crippen LogP contribution in [0.5, 0.6) is 5.75 Å². The van der Waals surface area contributed by atoms with E-state index in [-0.39, 0.29) is 31.2 Å². The number of hydrogen-bond acceptors (Lipinski definition) is 7. The molecule has 0 amide bonds. The highest BCUT2D eigenvalue weighted by Crippen LogP contribution is 2.51. The predicted octanol–water partition coefficient (Wildman–Crippen LogP) is 5.47. The van der Waals surface area contributed by atoms with E-state index >= 15 is 0 Å². The minimum atomic E-state index is -5.96. The molecule has 210 valence electrons. The zero-order valence-electron chi connectivity index (χ0n) is 21.0. The highest BCUT2D eigenvalue weighted by atomic mass is 19.4. The summed E-state index contributed by atoms with van der Waals surface area (Å²) in [5, 5.41) is 9.77. The van der Waals surface area contributed by atoms with Crippen LogP contribution in [0, 0.1) is 6.92 Å². The van der Waals surface area contributed by atoms with Crippen molar-refractivity contribution in [3.63, 3.8) is 0 Å². The lowest BCUT2D eigenvalue weighted by Crippen LogP contribution is -2.53. The molecule has 0 aliphatic carbocycles. The zero-order chi connectivity index (χ0) is 28.8. The Morgan fingerprint density at radius 1 is 1.10 bits per heavy atom. The summed E-state index contributed by atoms with van der Waals surface area (Å²) in [6.07, 6.45) is -11.7. The van der Waals surface area contributed by atoms with Gasteiger partial charge in [-0.3, -0.25) is 0 Å². The van der Waals surface area contributed by atoms with Crippen molar-refractivity contribution in [1.82, 2.24) is 4.98 Å². The number of aromatic nitrogens is 1. The number of benzene rings is 2. The SMILES string of the molecule is COC(=O)COc1ccc(-c2nc(CN3c4ccc(C(O)(C(F)(F)F)C(F)(F)F)cc4CC3C)c(C)o2)cc1. The van der Waals surface area contributed by atoms with Crippen molar-refractivity contribution in [3.8, 4) is 17.2 Å². The van der Waals surface area contributed by atoms with Crippen LogP contribution in [0.25, 0.3) is 11.5 Å². The number of halogens is 6. The van der Waals surface area contributed by atoms with Gasteiger partial charge in [-0.1, -0.05) is 12.1 Å². The number of oxazole rings is 1. The predicted molar refractivity (Wildman–Crippen MR) is 126 cm³/mol. The molecule has 0 spiro atoms. The number of alkyl halides is 6. The third kappa shape index (κ3) is 5.27. The number of fused-ring (bicyclic) bond motifs is 1. The Labute approximate surface area is 219 Å². The van der Waals surface area contributed by atoms with E-state index in [1.165, 1.54) is 7.11 Å². The third-order valence-corrected chi connectivity index (χ3v) is 6.57. The number of hydrogen-bond donors (Lipinski definition) is 1. The van der Waals surface area contributed by atoms with Crippen LogP contribution in [-0.2, 0) is 28.1 Å². The van der Waals surface area contributed by atoms with E-state index in [1.807, 2.05) is 0 Å². The minimum absolute atomic E-state index is 0.172. The first-order chi connectivity index (χ1) is 18.2. The lowest BCUT2D eigenvalue weighted by molar-refractivity contribution is -0.376. The summed E-state index contributed by atoms with van der Waals surface area (Å²) in [5.41, 5.74) is -4.43. The fourth-order valence-electron chi connectivity index (χ4n) is 4.40. The number of aryl methyl sites for hydroxylation is 1. The van der Waals surface area contributed by atoms with Crippen molar-refractivity contribution in [2.24, 2.45) is 0 Å². The van der Waals surface area contributed by atoms with Crippen molar-refractivity contribution in [3.05, 3.63) is 65.0 Å². The van der Waals surface area contributed by atoms with E-state index in [2.05, 4.69) is 9.72 Å². The second-order valence-corrected chi connectivity index (χ2v) is 9.14. The maximum atomic E-state index is 13.3. The molecule has 1 aliphatic rings. The molecule has 0 saturated heterocycles. The molecule has 1 aliphatic heterocycles. The smallest absolute Gasteiger partial charge is 0.430 e. The number of methoxy groups -OCH3 is 1. The van der Waals surface area contributed by atoms with Crippen molar-refractivity contribution in [2.75, 3.05) is 18.6 Å². The lowest BCUT2D eigenvalue weighted by atomic mass is 9.90. The normalized spacial score (nSPS) is 15.8. The number of esters is 1. The highest BCUT2D eigenvalue weighted by Gasteiger charge is 2.71. The topological polar surface area (TPSA) is 85.0 Å². The molecule has 3 aromatic rings. The van der Waals surface area contributed by atoms with Crippen LogP contribution in [-0.4, -0.2) is 48.2 Å². The van der Waals surface area contributed by atoms with E-state index in [9.17, 15) is 36.2 Å². The first-order valence-corrected chi connectivity index (χ1v) is 11.7. The molecular formula is C26H24F6N2O5. The summed E-state index contributed by atoms with van der Waals surface area (Å²) in [6, 6.07) is 8.89. The first kappa shape index (κ1) is 28.3. The molecule has 39 heavy (non-hydrogen) atoms. The highest BCUT2D eigenvalue weighted by molar-refractivity contribution is 5.71. The molecule has 1 atom stereocenters. The van der Waals surface area contributed by atoms with Crippen LogP contribution in [0.4, 0.5) is 32.0 Å². The fraction of sp³-hybridized carbons (Fsp3) is 0.385. The van der Waals surface area contributed by atoms with Crippen LogP contribution in [0.1, 0.15) is 29.5 Å². The molecule has 7 nitrogen and oxygen atoms in total. The van der Waals surface area contributed by atoms with E-state index < -0.39 is 29.5 Å². The van der Waals surface area contributed by atoms with E-state index in [4.69, 9.17) is 9.15 Å². The number of ether oxygens (including phenoxy) is 2. The Morgan fingerprint density at radius 3 is 2.33 bits per heavy atom. The van der Waals surface area contributed by atoms with E-state index in [1.54, 1.807) is 43.0 Å². The average Bonchev–Trinajstić information content (AvgIpc) is 3.39. The van der Waals surface area contributed by atoms with Crippen molar-refractivity contribution in [2.45, 2.75) is 50.8 Å². The summed E-state index contributed by atoms with van der Waals surface area (Å²) in [5.74, 6) is 0.677. The van der Waals surface area contributed by atoms with Gasteiger partial charge < -0.3 is 23.9 Å². The Morgan fingerprint density at radius 2 is 1.74 bits per heavy atom. The van der Waals surface area contributed by atoms with E-state index in [0.717, 1.165) is 12.1 Å². The molecule has 0 fully saturated rings. The third-order valence-electron chi connectivity index (χ3n) is 6.57. The summed E-state index contributed by atoms with van der Waals surface area (Å²) in [4.78, 5) is 17.6. The fourth-order valence-corrected chi connectivity index (χ4v) is 4.40. The van der Waals surface area contributed by atoms with Crippen LogP contribution in [0.2, 0.25) is 0 Å². The van der Waals surface area contributed by atoms with E-state index in [0.29, 0.717) is 40.4 Å². The molecule has 4 rings (SSSR count). The molecule has 0 saturated carbocycles. The van der Waals surface area contributed by atoms with Gasteiger partial charge in [-0.2, -0.15) is 26.3 Å². The van der Waals surface area contributed by atoms with Gasteiger partial charge >= 0.3 is 18.3 Å². The van der Waals surface area contributed by atoms with Crippen LogP contribution < -0.4 is 9.64 Å². The molecule has 0 bridgehead atoms. The van der Waals surface area contributed by atoms with Gasteiger partial charge in [0.05, 0.1) is 13.7 Å². The molecule has 1 aromatic heterocycles. The van der Waals surface area contributed by atoms with Gasteiger partial charge in [0.15, 0.2) is 6.61 Å². The maximum Gasteiger partial charge on any atom is 0.430 e. The Kier molecular flexibility index (Phi) is 7.32. The molecule has 2 heterocycles. The monoisotopic (exact) mass is 558 g/mol. The first-order valence-electron chi connectivity index (χ1n) is 11.7. The number of aliphatic hydroxyl groups is 1. The molecule has 0 radical (unpaired) electrons. The van der Waals surface area contributed by atoms with Crippen molar-refractivity contribution >= 4 is 11.7 Å². The number of anilines is 1. The van der Waals surface area contributed by atoms with Gasteiger partial charge in [0.2, 0.25) is 5.89 Å². The number of carbonyl (C=O) groups excluding carboxylic acids is 1.